The summed E-state index contributed by atoms with van der Waals surface area (Å²) < 4.78 is 0.636. The molecule has 1 atom stereocenters. The van der Waals surface area contributed by atoms with E-state index in [2.05, 4.69) is 13.0 Å². The van der Waals surface area contributed by atoms with Gasteiger partial charge in [-0.1, -0.05) is 25.5 Å². The topological polar surface area (TPSA) is 60.4 Å². The molecular weight excluding hydrogens is 242 g/mol. The first kappa shape index (κ1) is 18.1. The minimum atomic E-state index is -1.01. The maximum Gasteiger partial charge on any atom is 0.106 e. The number of aliphatic hydroxyl groups is 1. The quantitative estimate of drug-likeness (QED) is 0.452. The molecule has 0 saturated carbocycles. The predicted octanol–water partition coefficient (Wildman–Crippen LogP) is 1.09. The van der Waals surface area contributed by atoms with Crippen LogP contribution in [0.5, 0.6) is 0 Å². The van der Waals surface area contributed by atoms with Crippen LogP contribution in [-0.4, -0.2) is 47.8 Å². The van der Waals surface area contributed by atoms with Gasteiger partial charge in [0.2, 0.25) is 0 Å². The zero-order chi connectivity index (χ0) is 14.7. The molecule has 0 aromatic heterocycles. The monoisotopic (exact) mass is 271 g/mol. The molecule has 0 rings (SSSR count). The van der Waals surface area contributed by atoms with Crippen LogP contribution in [0.1, 0.15) is 46.5 Å². The maximum absolute atomic E-state index is 10.6. The number of quaternary nitrogens is 1. The molecule has 0 saturated heterocycles. The third-order valence-electron chi connectivity index (χ3n) is 3.76. The van der Waals surface area contributed by atoms with Gasteiger partial charge < -0.3 is 19.5 Å². The van der Waals surface area contributed by atoms with Gasteiger partial charge in [-0.2, -0.15) is 0 Å². The molecule has 0 aromatic rings. The molecule has 1 unspecified atom stereocenters. The Morgan fingerprint density at radius 3 is 2.37 bits per heavy atom. The summed E-state index contributed by atoms with van der Waals surface area (Å²) in [6.07, 6.45) is 6.56. The summed E-state index contributed by atoms with van der Waals surface area (Å²) in [6, 6.07) is 0. The van der Waals surface area contributed by atoms with Crippen molar-refractivity contribution < 1.29 is 19.5 Å². The van der Waals surface area contributed by atoms with E-state index in [0.717, 1.165) is 25.9 Å². The number of allylic oxidation sites excluding steroid dienone is 1. The van der Waals surface area contributed by atoms with Gasteiger partial charge in [0.05, 0.1) is 19.6 Å². The normalized spacial score (nSPS) is 13.9. The number of carboxylic acids is 1. The minimum Gasteiger partial charge on any atom is -0.550 e. The zero-order valence-electron chi connectivity index (χ0n) is 12.6. The largest absolute Gasteiger partial charge is 0.550 e. The fourth-order valence-corrected chi connectivity index (χ4v) is 2.28. The van der Waals surface area contributed by atoms with Gasteiger partial charge in [0.15, 0.2) is 0 Å². The van der Waals surface area contributed by atoms with E-state index in [-0.39, 0.29) is 6.42 Å². The number of nitrogens with zero attached hydrogens (tertiary/aromatic N) is 1. The van der Waals surface area contributed by atoms with Crippen LogP contribution in [-0.2, 0) is 4.79 Å². The first-order valence-electron chi connectivity index (χ1n) is 7.37. The van der Waals surface area contributed by atoms with Crippen LogP contribution in [0.25, 0.3) is 0 Å². The average molecular weight is 271 g/mol. The van der Waals surface area contributed by atoms with Gasteiger partial charge in [-0.05, 0) is 26.7 Å². The van der Waals surface area contributed by atoms with Gasteiger partial charge in [-0.15, -0.1) is 0 Å². The summed E-state index contributed by atoms with van der Waals surface area (Å²) in [7, 11) is 0. The van der Waals surface area contributed by atoms with Crippen LogP contribution in [0.2, 0.25) is 0 Å². The Morgan fingerprint density at radius 1 is 1.26 bits per heavy atom. The van der Waals surface area contributed by atoms with E-state index >= 15 is 0 Å². The van der Waals surface area contributed by atoms with Crippen LogP contribution in [0.15, 0.2) is 12.2 Å². The van der Waals surface area contributed by atoms with Gasteiger partial charge in [0, 0.05) is 12.4 Å². The van der Waals surface area contributed by atoms with E-state index in [0.29, 0.717) is 24.0 Å². The summed E-state index contributed by atoms with van der Waals surface area (Å²) >= 11 is 0. The van der Waals surface area contributed by atoms with Crippen molar-refractivity contribution in [2.75, 3.05) is 26.2 Å². The number of aliphatic hydroxyl groups excluding tert-OH is 1. The first-order chi connectivity index (χ1) is 8.99. The lowest BCUT2D eigenvalue weighted by molar-refractivity contribution is -0.927. The molecule has 0 bridgehead atoms. The Hall–Kier alpha value is -0.870. The van der Waals surface area contributed by atoms with E-state index in [1.165, 1.54) is 0 Å². The highest BCUT2D eigenvalue weighted by molar-refractivity contribution is 5.64. The summed E-state index contributed by atoms with van der Waals surface area (Å²) in [5, 5.41) is 20.7. The highest BCUT2D eigenvalue weighted by Crippen LogP contribution is 2.11. The highest BCUT2D eigenvalue weighted by Gasteiger charge is 2.26. The number of aliphatic carboxylic acids is 1. The lowest BCUT2D eigenvalue weighted by atomic mass is 10.1. The molecule has 0 radical (unpaired) electrons. The summed E-state index contributed by atoms with van der Waals surface area (Å²) in [6.45, 7) is 9.01. The van der Waals surface area contributed by atoms with E-state index in [1.807, 2.05) is 19.9 Å². The molecule has 4 nitrogen and oxygen atoms in total. The van der Waals surface area contributed by atoms with Crippen LogP contribution >= 0.6 is 0 Å². The number of carbonyl (C=O) groups excluding carboxylic acids is 1. The molecule has 0 fully saturated rings. The number of likely N-dealkylation sites (N-methyl/N-ethyl adjacent to an activating group) is 1. The van der Waals surface area contributed by atoms with E-state index in [1.54, 1.807) is 0 Å². The molecule has 0 aliphatic heterocycles. The molecule has 112 valence electrons. The molecule has 0 aliphatic rings. The van der Waals surface area contributed by atoms with Crippen LogP contribution in [0, 0.1) is 0 Å². The summed E-state index contributed by atoms with van der Waals surface area (Å²) in [5.74, 6) is -1.01. The predicted molar refractivity (Wildman–Crippen MR) is 75.4 cm³/mol. The second kappa shape index (κ2) is 9.98. The molecule has 0 aliphatic carbocycles. The van der Waals surface area contributed by atoms with Gasteiger partial charge >= 0.3 is 0 Å². The van der Waals surface area contributed by atoms with Crippen molar-refractivity contribution >= 4 is 5.97 Å². The van der Waals surface area contributed by atoms with Crippen LogP contribution in [0.3, 0.4) is 0 Å². The van der Waals surface area contributed by atoms with Crippen molar-refractivity contribution in [3.8, 4) is 0 Å². The van der Waals surface area contributed by atoms with E-state index < -0.39 is 12.1 Å². The van der Waals surface area contributed by atoms with Crippen LogP contribution < -0.4 is 5.11 Å². The Kier molecular flexibility index (Phi) is 9.53. The highest BCUT2D eigenvalue weighted by atomic mass is 16.4. The lowest BCUT2D eigenvalue weighted by Crippen LogP contribution is -2.53. The molecule has 4 heteroatoms. The standard InChI is InChI=1S/C15H29NO3/c1-4-7-8-9-10-14(17)13-16(5-2,6-3)12-11-15(18)19/h8-9,14,17H,4-7,10-13H2,1-3H3/b9-8+. The average Bonchev–Trinajstić information content (AvgIpc) is 2.39. The number of hydrogen-bond donors (Lipinski definition) is 1. The van der Waals surface area contributed by atoms with E-state index in [4.69, 9.17) is 0 Å². The first-order valence-corrected chi connectivity index (χ1v) is 7.37. The molecule has 19 heavy (non-hydrogen) atoms. The van der Waals surface area contributed by atoms with Gasteiger partial charge in [-0.3, -0.25) is 0 Å². The van der Waals surface area contributed by atoms with Crippen molar-refractivity contribution in [1.29, 1.82) is 0 Å². The fraction of sp³-hybridized carbons (Fsp3) is 0.800. The Balaban J connectivity index is 4.34. The number of unbranched alkanes of at least 4 members (excludes halogenated alkanes) is 1. The molecular formula is C15H29NO3. The van der Waals surface area contributed by atoms with Crippen molar-refractivity contribution in [2.45, 2.75) is 52.6 Å². The smallest absolute Gasteiger partial charge is 0.106 e. The Bertz CT molecular complexity index is 273. The Labute approximate surface area is 117 Å². The number of carboxylic acid groups (broad SMARTS) is 1. The Morgan fingerprint density at radius 2 is 1.89 bits per heavy atom. The van der Waals surface area contributed by atoms with Crippen molar-refractivity contribution in [1.82, 2.24) is 0 Å². The third kappa shape index (κ3) is 8.01. The van der Waals surface area contributed by atoms with Crippen molar-refractivity contribution in [3.63, 3.8) is 0 Å². The molecule has 0 heterocycles. The second-order valence-corrected chi connectivity index (χ2v) is 5.15. The third-order valence-corrected chi connectivity index (χ3v) is 3.76. The summed E-state index contributed by atoms with van der Waals surface area (Å²) in [4.78, 5) is 10.6. The SMILES string of the molecule is CCC/C=C/CC(O)C[N+](CC)(CC)CCC(=O)[O-]. The second-order valence-electron chi connectivity index (χ2n) is 5.15. The molecule has 0 spiro atoms. The fourth-order valence-electron chi connectivity index (χ4n) is 2.28. The van der Waals surface area contributed by atoms with Crippen LogP contribution in [0.4, 0.5) is 0 Å². The van der Waals surface area contributed by atoms with Crippen molar-refractivity contribution in [3.05, 3.63) is 12.2 Å². The van der Waals surface area contributed by atoms with Gasteiger partial charge in [0.25, 0.3) is 0 Å². The van der Waals surface area contributed by atoms with Crippen molar-refractivity contribution in [2.24, 2.45) is 0 Å². The van der Waals surface area contributed by atoms with Gasteiger partial charge in [-0.25, -0.2) is 0 Å². The number of rotatable bonds is 11. The maximum atomic E-state index is 10.6. The number of carbonyl (C=O) groups is 1. The lowest BCUT2D eigenvalue weighted by Gasteiger charge is -2.38. The summed E-state index contributed by atoms with van der Waals surface area (Å²) in [5.41, 5.74) is 0. The van der Waals surface area contributed by atoms with Gasteiger partial charge in [0.1, 0.15) is 12.6 Å². The van der Waals surface area contributed by atoms with E-state index in [9.17, 15) is 15.0 Å². The molecule has 1 N–H and O–H groups in total. The number of hydrogen-bond acceptors (Lipinski definition) is 3. The molecule has 0 amide bonds. The minimum absolute atomic E-state index is 0.0556. The molecule has 0 aromatic carbocycles. The zero-order valence-corrected chi connectivity index (χ0v) is 12.6.